The van der Waals surface area contributed by atoms with Gasteiger partial charge in [0, 0.05) is 38.2 Å². The number of fused-ring (bicyclic) bond motifs is 1. The minimum Gasteiger partial charge on any atom is -0.354 e. The molecule has 1 saturated heterocycles. The SMILES string of the molecule is CCCCc1nc(N2CCCN(C(=O)c3ccccc3)CC2)c2c(C)nn(-c3ccccc3)c2n1. The van der Waals surface area contributed by atoms with Crippen LogP contribution in [-0.4, -0.2) is 56.7 Å². The van der Waals surface area contributed by atoms with E-state index in [-0.39, 0.29) is 5.91 Å². The summed E-state index contributed by atoms with van der Waals surface area (Å²) in [5.74, 6) is 1.89. The summed E-state index contributed by atoms with van der Waals surface area (Å²) < 4.78 is 1.94. The molecule has 7 heteroatoms. The minimum absolute atomic E-state index is 0.0944. The van der Waals surface area contributed by atoms with E-state index in [4.69, 9.17) is 15.1 Å². The van der Waals surface area contributed by atoms with E-state index in [0.29, 0.717) is 6.54 Å². The van der Waals surface area contributed by atoms with Gasteiger partial charge in [0.1, 0.15) is 11.6 Å². The van der Waals surface area contributed by atoms with E-state index in [2.05, 4.69) is 24.0 Å². The Hall–Kier alpha value is -3.74. The molecule has 0 saturated carbocycles. The number of amides is 1. The maximum absolute atomic E-state index is 13.1. The number of hydrogen-bond acceptors (Lipinski definition) is 5. The van der Waals surface area contributed by atoms with Crippen molar-refractivity contribution in [2.45, 2.75) is 39.5 Å². The number of rotatable bonds is 6. The molecule has 1 aliphatic heterocycles. The van der Waals surface area contributed by atoms with Crippen molar-refractivity contribution in [1.29, 1.82) is 0 Å². The van der Waals surface area contributed by atoms with Gasteiger partial charge in [-0.3, -0.25) is 4.79 Å². The molecular formula is C28H32N6O. The number of aryl methyl sites for hydroxylation is 2. The lowest BCUT2D eigenvalue weighted by Gasteiger charge is -2.24. The largest absolute Gasteiger partial charge is 0.354 e. The Kier molecular flexibility index (Phi) is 6.75. The lowest BCUT2D eigenvalue weighted by molar-refractivity contribution is 0.0767. The maximum Gasteiger partial charge on any atom is 0.253 e. The van der Waals surface area contributed by atoms with Crippen molar-refractivity contribution in [3.8, 4) is 5.69 Å². The molecule has 0 unspecified atom stereocenters. The molecule has 2 aromatic carbocycles. The van der Waals surface area contributed by atoms with Crippen molar-refractivity contribution in [2.75, 3.05) is 31.1 Å². The third kappa shape index (κ3) is 4.76. The lowest BCUT2D eigenvalue weighted by Crippen LogP contribution is -2.35. The minimum atomic E-state index is 0.0944. The van der Waals surface area contributed by atoms with E-state index in [0.717, 1.165) is 84.9 Å². The Morgan fingerprint density at radius 3 is 2.40 bits per heavy atom. The zero-order valence-corrected chi connectivity index (χ0v) is 20.5. The summed E-state index contributed by atoms with van der Waals surface area (Å²) in [6, 6.07) is 19.7. The quantitative estimate of drug-likeness (QED) is 0.406. The molecule has 4 aromatic rings. The standard InChI is InChI=1S/C28H32N6O/c1-3-4-16-24-29-26(25-21(2)31-34(27(25)30-24)23-14-9-6-10-15-23)32-17-11-18-33(20-19-32)28(35)22-12-7-5-8-13-22/h5-10,12-15H,3-4,11,16-20H2,1-2H3. The van der Waals surface area contributed by atoms with Gasteiger partial charge in [0.2, 0.25) is 0 Å². The van der Waals surface area contributed by atoms with Crippen LogP contribution in [-0.2, 0) is 6.42 Å². The summed E-state index contributed by atoms with van der Waals surface area (Å²) in [5, 5.41) is 5.86. The highest BCUT2D eigenvalue weighted by Gasteiger charge is 2.25. The average Bonchev–Trinajstić information content (AvgIpc) is 3.06. The van der Waals surface area contributed by atoms with Crippen molar-refractivity contribution >= 4 is 22.8 Å². The third-order valence-corrected chi connectivity index (χ3v) is 6.59. The second-order valence-electron chi connectivity index (χ2n) is 9.10. The second-order valence-corrected chi connectivity index (χ2v) is 9.10. The molecule has 2 aromatic heterocycles. The number of para-hydroxylation sites is 1. The summed E-state index contributed by atoms with van der Waals surface area (Å²) >= 11 is 0. The van der Waals surface area contributed by atoms with Gasteiger partial charge in [0.05, 0.1) is 16.8 Å². The molecule has 5 rings (SSSR count). The Balaban J connectivity index is 1.50. The highest BCUT2D eigenvalue weighted by atomic mass is 16.2. The molecule has 1 fully saturated rings. The zero-order valence-electron chi connectivity index (χ0n) is 20.5. The van der Waals surface area contributed by atoms with Crippen LogP contribution in [0.3, 0.4) is 0 Å². The van der Waals surface area contributed by atoms with Crippen LogP contribution in [0.4, 0.5) is 5.82 Å². The molecule has 0 radical (unpaired) electrons. The van der Waals surface area contributed by atoms with Crippen molar-refractivity contribution in [2.24, 2.45) is 0 Å². The molecule has 1 amide bonds. The summed E-state index contributed by atoms with van der Waals surface area (Å²) in [6.45, 7) is 7.19. The first-order valence-corrected chi connectivity index (χ1v) is 12.6. The predicted octanol–water partition coefficient (Wildman–Crippen LogP) is 4.82. The molecule has 0 N–H and O–H groups in total. The van der Waals surface area contributed by atoms with E-state index >= 15 is 0 Å². The molecular weight excluding hydrogens is 436 g/mol. The Labute approximate surface area is 206 Å². The molecule has 0 spiro atoms. The average molecular weight is 469 g/mol. The van der Waals surface area contributed by atoms with Crippen LogP contribution >= 0.6 is 0 Å². The smallest absolute Gasteiger partial charge is 0.253 e. The molecule has 0 atom stereocenters. The summed E-state index contributed by atoms with van der Waals surface area (Å²) in [6.07, 6.45) is 3.86. The first-order valence-electron chi connectivity index (χ1n) is 12.6. The number of aromatic nitrogens is 4. The van der Waals surface area contributed by atoms with Crippen LogP contribution < -0.4 is 4.90 Å². The van der Waals surface area contributed by atoms with E-state index in [1.807, 2.05) is 65.0 Å². The van der Waals surface area contributed by atoms with E-state index < -0.39 is 0 Å². The van der Waals surface area contributed by atoms with Crippen molar-refractivity contribution in [3.05, 3.63) is 77.7 Å². The predicted molar refractivity (Wildman–Crippen MR) is 139 cm³/mol. The molecule has 0 bridgehead atoms. The van der Waals surface area contributed by atoms with Gasteiger partial charge in [-0.25, -0.2) is 14.6 Å². The van der Waals surface area contributed by atoms with Crippen LogP contribution in [0.15, 0.2) is 60.7 Å². The molecule has 35 heavy (non-hydrogen) atoms. The Morgan fingerprint density at radius 1 is 0.914 bits per heavy atom. The number of anilines is 1. The van der Waals surface area contributed by atoms with Gasteiger partial charge in [-0.05, 0) is 44.0 Å². The fourth-order valence-electron chi connectivity index (χ4n) is 4.73. The molecule has 7 nitrogen and oxygen atoms in total. The van der Waals surface area contributed by atoms with Crippen molar-refractivity contribution in [3.63, 3.8) is 0 Å². The van der Waals surface area contributed by atoms with Gasteiger partial charge in [0.25, 0.3) is 5.91 Å². The highest BCUT2D eigenvalue weighted by Crippen LogP contribution is 2.30. The number of unbranched alkanes of at least 4 members (excludes halogenated alkanes) is 1. The van der Waals surface area contributed by atoms with Crippen LogP contribution in [0.25, 0.3) is 16.7 Å². The third-order valence-electron chi connectivity index (χ3n) is 6.59. The van der Waals surface area contributed by atoms with Crippen LogP contribution in [0.1, 0.15) is 48.1 Å². The Morgan fingerprint density at radius 2 is 1.66 bits per heavy atom. The summed E-state index contributed by atoms with van der Waals surface area (Å²) in [4.78, 5) is 27.4. The normalized spacial score (nSPS) is 14.3. The number of carbonyl (C=O) groups excluding carboxylic acids is 1. The second kappa shape index (κ2) is 10.3. The van der Waals surface area contributed by atoms with Crippen molar-refractivity contribution in [1.82, 2.24) is 24.6 Å². The maximum atomic E-state index is 13.1. The van der Waals surface area contributed by atoms with Gasteiger partial charge in [-0.1, -0.05) is 49.7 Å². The monoisotopic (exact) mass is 468 g/mol. The lowest BCUT2D eigenvalue weighted by atomic mass is 10.2. The van der Waals surface area contributed by atoms with Gasteiger partial charge < -0.3 is 9.80 Å². The topological polar surface area (TPSA) is 67.2 Å². The Bertz CT molecular complexity index is 1300. The van der Waals surface area contributed by atoms with E-state index in [1.165, 1.54) is 0 Å². The van der Waals surface area contributed by atoms with Crippen LogP contribution in [0, 0.1) is 6.92 Å². The molecule has 1 aliphatic rings. The molecule has 3 heterocycles. The number of benzene rings is 2. The number of nitrogens with zero attached hydrogens (tertiary/aromatic N) is 6. The molecule has 0 aliphatic carbocycles. The van der Waals surface area contributed by atoms with Gasteiger partial charge in [0.15, 0.2) is 5.65 Å². The van der Waals surface area contributed by atoms with E-state index in [1.54, 1.807) is 0 Å². The molecule has 180 valence electrons. The van der Waals surface area contributed by atoms with Crippen LogP contribution in [0.2, 0.25) is 0 Å². The summed E-state index contributed by atoms with van der Waals surface area (Å²) in [5.41, 5.74) is 3.51. The summed E-state index contributed by atoms with van der Waals surface area (Å²) in [7, 11) is 0. The first kappa shape index (κ1) is 23.0. The fraction of sp³-hybridized carbons (Fsp3) is 0.357. The van der Waals surface area contributed by atoms with Gasteiger partial charge in [-0.15, -0.1) is 0 Å². The van der Waals surface area contributed by atoms with Crippen LogP contribution in [0.5, 0.6) is 0 Å². The van der Waals surface area contributed by atoms with Gasteiger partial charge >= 0.3 is 0 Å². The van der Waals surface area contributed by atoms with Gasteiger partial charge in [-0.2, -0.15) is 5.10 Å². The van der Waals surface area contributed by atoms with Crippen molar-refractivity contribution < 1.29 is 4.79 Å². The fourth-order valence-corrected chi connectivity index (χ4v) is 4.73. The first-order chi connectivity index (χ1) is 17.2. The highest BCUT2D eigenvalue weighted by molar-refractivity contribution is 5.94. The number of hydrogen-bond donors (Lipinski definition) is 0. The number of carbonyl (C=O) groups is 1. The van der Waals surface area contributed by atoms with E-state index in [9.17, 15) is 4.79 Å². The zero-order chi connectivity index (χ0) is 24.2.